The molecule has 0 spiro atoms. The lowest BCUT2D eigenvalue weighted by Gasteiger charge is -2.11. The molecule has 1 N–H and O–H groups in total. The number of nitrogens with one attached hydrogen (secondary N) is 1. The molecule has 0 atom stereocenters. The minimum Gasteiger partial charge on any atom is -0.322 e. The van der Waals surface area contributed by atoms with Crippen molar-refractivity contribution in [1.82, 2.24) is 4.98 Å². The molecule has 0 aliphatic rings. The van der Waals surface area contributed by atoms with E-state index >= 15 is 0 Å². The van der Waals surface area contributed by atoms with E-state index < -0.39 is 0 Å². The second-order valence-corrected chi connectivity index (χ2v) is 7.19. The summed E-state index contributed by atoms with van der Waals surface area (Å²) in [5.74, 6) is -0.116. The van der Waals surface area contributed by atoms with E-state index in [0.717, 1.165) is 22.2 Å². The van der Waals surface area contributed by atoms with Gasteiger partial charge in [0.25, 0.3) is 5.91 Å². The third-order valence-electron chi connectivity index (χ3n) is 3.81. The first-order valence-electron chi connectivity index (χ1n) is 8.36. The van der Waals surface area contributed by atoms with Crippen molar-refractivity contribution < 1.29 is 4.79 Å². The Morgan fingerprint density at radius 2 is 1.80 bits per heavy atom. The lowest BCUT2D eigenvalue weighted by Crippen LogP contribution is -2.11. The Balaban J connectivity index is 1.73. The van der Waals surface area contributed by atoms with Crippen molar-refractivity contribution in [3.63, 3.8) is 0 Å². The van der Waals surface area contributed by atoms with Gasteiger partial charge in [-0.05, 0) is 47.4 Å². The van der Waals surface area contributed by atoms with Gasteiger partial charge in [-0.2, -0.15) is 0 Å². The standard InChI is InChI=1S/C22H22N2O/c1-22(2,3)13-12-16-6-8-17(9-7-16)21(25)24-19-10-11-20-18(15-19)5-4-14-23-20/h4-15H,1-3H3,(H,24,25). The van der Waals surface area contributed by atoms with E-state index in [0.29, 0.717) is 5.56 Å². The molecule has 3 nitrogen and oxygen atoms in total. The van der Waals surface area contributed by atoms with Gasteiger partial charge in [0.1, 0.15) is 0 Å². The molecule has 1 amide bonds. The van der Waals surface area contributed by atoms with Crippen molar-refractivity contribution in [3.05, 3.63) is 78.0 Å². The van der Waals surface area contributed by atoms with Crippen LogP contribution in [0, 0.1) is 5.41 Å². The maximum absolute atomic E-state index is 12.4. The second kappa shape index (κ2) is 6.89. The van der Waals surface area contributed by atoms with Crippen LogP contribution in [0.3, 0.4) is 0 Å². The monoisotopic (exact) mass is 330 g/mol. The molecule has 0 saturated carbocycles. The molecular formula is C22H22N2O. The Bertz CT molecular complexity index is 919. The average molecular weight is 330 g/mol. The number of amides is 1. The highest BCUT2D eigenvalue weighted by atomic mass is 16.1. The number of carbonyl (C=O) groups is 1. The zero-order valence-corrected chi connectivity index (χ0v) is 14.8. The number of aromatic nitrogens is 1. The van der Waals surface area contributed by atoms with Crippen molar-refractivity contribution in [3.8, 4) is 0 Å². The third-order valence-corrected chi connectivity index (χ3v) is 3.81. The van der Waals surface area contributed by atoms with Crippen LogP contribution >= 0.6 is 0 Å². The molecule has 0 unspecified atom stereocenters. The number of anilines is 1. The van der Waals surface area contributed by atoms with Gasteiger partial charge in [-0.25, -0.2) is 0 Å². The minimum atomic E-state index is -0.116. The highest BCUT2D eigenvalue weighted by molar-refractivity contribution is 6.05. The van der Waals surface area contributed by atoms with Crippen LogP contribution in [-0.4, -0.2) is 10.9 Å². The topological polar surface area (TPSA) is 42.0 Å². The summed E-state index contributed by atoms with van der Waals surface area (Å²) >= 11 is 0. The third kappa shape index (κ3) is 4.54. The van der Waals surface area contributed by atoms with Gasteiger partial charge in [0.15, 0.2) is 0 Å². The largest absolute Gasteiger partial charge is 0.322 e. The van der Waals surface area contributed by atoms with Crippen molar-refractivity contribution in [2.75, 3.05) is 5.32 Å². The first kappa shape index (κ1) is 16.9. The van der Waals surface area contributed by atoms with Crippen LogP contribution < -0.4 is 5.32 Å². The fraction of sp³-hybridized carbons (Fsp3) is 0.182. The summed E-state index contributed by atoms with van der Waals surface area (Å²) in [6, 6.07) is 17.2. The molecule has 0 bridgehead atoms. The normalized spacial score (nSPS) is 11.8. The summed E-state index contributed by atoms with van der Waals surface area (Å²) in [5, 5.41) is 3.94. The number of hydrogen-bond acceptors (Lipinski definition) is 2. The van der Waals surface area contributed by atoms with E-state index in [2.05, 4.69) is 43.2 Å². The maximum Gasteiger partial charge on any atom is 0.255 e. The smallest absolute Gasteiger partial charge is 0.255 e. The van der Waals surface area contributed by atoms with Gasteiger partial charge in [0.2, 0.25) is 0 Å². The zero-order valence-electron chi connectivity index (χ0n) is 14.8. The summed E-state index contributed by atoms with van der Waals surface area (Å²) in [6.45, 7) is 6.47. The molecule has 3 aromatic rings. The van der Waals surface area contributed by atoms with Crippen LogP contribution in [0.4, 0.5) is 5.69 Å². The molecular weight excluding hydrogens is 308 g/mol. The first-order valence-corrected chi connectivity index (χ1v) is 8.36. The van der Waals surface area contributed by atoms with Crippen LogP contribution in [0.5, 0.6) is 0 Å². The molecule has 0 saturated heterocycles. The Morgan fingerprint density at radius 3 is 2.52 bits per heavy atom. The fourth-order valence-corrected chi connectivity index (χ4v) is 2.45. The lowest BCUT2D eigenvalue weighted by molar-refractivity contribution is 0.102. The molecule has 1 aromatic heterocycles. The predicted molar refractivity (Wildman–Crippen MR) is 105 cm³/mol. The minimum absolute atomic E-state index is 0.116. The van der Waals surface area contributed by atoms with Crippen molar-refractivity contribution in [2.24, 2.45) is 5.41 Å². The summed E-state index contributed by atoms with van der Waals surface area (Å²) < 4.78 is 0. The van der Waals surface area contributed by atoms with Crippen molar-refractivity contribution in [1.29, 1.82) is 0 Å². The second-order valence-electron chi connectivity index (χ2n) is 7.19. The number of allylic oxidation sites excluding steroid dienone is 1. The van der Waals surface area contributed by atoms with Gasteiger partial charge in [-0.3, -0.25) is 9.78 Å². The Kier molecular flexibility index (Phi) is 4.66. The van der Waals surface area contributed by atoms with E-state index in [1.165, 1.54) is 0 Å². The zero-order chi connectivity index (χ0) is 17.9. The van der Waals surface area contributed by atoms with Crippen molar-refractivity contribution in [2.45, 2.75) is 20.8 Å². The number of pyridine rings is 1. The maximum atomic E-state index is 12.4. The molecule has 126 valence electrons. The average Bonchev–Trinajstić information content (AvgIpc) is 2.59. The van der Waals surface area contributed by atoms with Gasteiger partial charge in [0, 0.05) is 22.8 Å². The highest BCUT2D eigenvalue weighted by Gasteiger charge is 2.07. The fourth-order valence-electron chi connectivity index (χ4n) is 2.45. The van der Waals surface area contributed by atoms with Crippen LogP contribution in [0.2, 0.25) is 0 Å². The Morgan fingerprint density at radius 1 is 1.04 bits per heavy atom. The molecule has 0 aliphatic carbocycles. The molecule has 2 aromatic carbocycles. The number of rotatable bonds is 3. The van der Waals surface area contributed by atoms with Crippen LogP contribution in [0.25, 0.3) is 17.0 Å². The SMILES string of the molecule is CC(C)(C)C=Cc1ccc(C(=O)Nc2ccc3ncccc3c2)cc1. The molecule has 3 rings (SSSR count). The Labute approximate surface area is 148 Å². The van der Waals surface area contributed by atoms with Crippen LogP contribution in [0.15, 0.2) is 66.9 Å². The summed E-state index contributed by atoms with van der Waals surface area (Å²) in [5.41, 5.74) is 3.54. The van der Waals surface area contributed by atoms with Gasteiger partial charge < -0.3 is 5.32 Å². The first-order chi connectivity index (χ1) is 11.9. The van der Waals surface area contributed by atoms with E-state index in [-0.39, 0.29) is 11.3 Å². The van der Waals surface area contributed by atoms with Gasteiger partial charge >= 0.3 is 0 Å². The molecule has 25 heavy (non-hydrogen) atoms. The molecule has 0 fully saturated rings. The molecule has 1 heterocycles. The summed E-state index contributed by atoms with van der Waals surface area (Å²) in [4.78, 5) is 16.7. The summed E-state index contributed by atoms with van der Waals surface area (Å²) in [6.07, 6.45) is 6.00. The predicted octanol–water partition coefficient (Wildman–Crippen LogP) is 5.55. The number of carbonyl (C=O) groups excluding carboxylic acids is 1. The van der Waals surface area contributed by atoms with Gasteiger partial charge in [-0.1, -0.05) is 51.1 Å². The van der Waals surface area contributed by atoms with Gasteiger partial charge in [0.05, 0.1) is 5.52 Å². The highest BCUT2D eigenvalue weighted by Crippen LogP contribution is 2.19. The van der Waals surface area contributed by atoms with E-state index in [1.54, 1.807) is 6.20 Å². The number of nitrogens with zero attached hydrogens (tertiary/aromatic N) is 1. The quantitative estimate of drug-likeness (QED) is 0.684. The number of fused-ring (bicyclic) bond motifs is 1. The molecule has 3 heteroatoms. The van der Waals surface area contributed by atoms with E-state index in [9.17, 15) is 4.79 Å². The van der Waals surface area contributed by atoms with Crippen LogP contribution in [0.1, 0.15) is 36.7 Å². The van der Waals surface area contributed by atoms with E-state index in [1.807, 2.05) is 54.6 Å². The lowest BCUT2D eigenvalue weighted by atomic mass is 9.95. The summed E-state index contributed by atoms with van der Waals surface area (Å²) in [7, 11) is 0. The molecule has 0 aliphatic heterocycles. The van der Waals surface area contributed by atoms with Crippen molar-refractivity contribution >= 4 is 28.6 Å². The van der Waals surface area contributed by atoms with E-state index in [4.69, 9.17) is 0 Å². The van der Waals surface area contributed by atoms with Gasteiger partial charge in [-0.15, -0.1) is 0 Å². The number of hydrogen-bond donors (Lipinski definition) is 1. The Hall–Kier alpha value is -2.94. The number of benzene rings is 2. The molecule has 0 radical (unpaired) electrons. The van der Waals surface area contributed by atoms with Crippen LogP contribution in [-0.2, 0) is 0 Å².